The van der Waals surface area contributed by atoms with Gasteiger partial charge >= 0.3 is 0 Å². The number of nitrogens with one attached hydrogen (secondary N) is 1. The van der Waals surface area contributed by atoms with E-state index in [2.05, 4.69) is 15.5 Å². The highest BCUT2D eigenvalue weighted by atomic mass is 32.2. The van der Waals surface area contributed by atoms with Crippen LogP contribution >= 0.6 is 11.8 Å². The molecule has 0 radical (unpaired) electrons. The zero-order chi connectivity index (χ0) is 16.9. The molecular weight excluding hydrogens is 330 g/mol. The monoisotopic (exact) mass is 349 g/mol. The number of carbonyl (C=O) groups is 1. The molecule has 0 atom stereocenters. The number of ether oxygens (including phenoxy) is 2. The van der Waals surface area contributed by atoms with Gasteiger partial charge in [-0.05, 0) is 30.5 Å². The van der Waals surface area contributed by atoms with Crippen LogP contribution in [0.5, 0.6) is 11.5 Å². The average Bonchev–Trinajstić information content (AvgIpc) is 3.36. The van der Waals surface area contributed by atoms with Gasteiger partial charge in [-0.1, -0.05) is 17.8 Å². The molecule has 1 saturated carbocycles. The third-order valence-electron chi connectivity index (χ3n) is 3.61. The molecule has 0 spiro atoms. The van der Waals surface area contributed by atoms with E-state index >= 15 is 0 Å². The molecule has 1 N–H and O–H groups in total. The summed E-state index contributed by atoms with van der Waals surface area (Å²) in [5.41, 5.74) is 0.930. The summed E-state index contributed by atoms with van der Waals surface area (Å²) >= 11 is 1.25. The van der Waals surface area contributed by atoms with Gasteiger partial charge in [0.15, 0.2) is 11.5 Å². The van der Waals surface area contributed by atoms with Crippen molar-refractivity contribution >= 4 is 17.7 Å². The Balaban J connectivity index is 1.46. The highest BCUT2D eigenvalue weighted by molar-refractivity contribution is 7.99. The topological polar surface area (TPSA) is 86.5 Å². The molecule has 2 aromatic rings. The summed E-state index contributed by atoms with van der Waals surface area (Å²) in [7, 11) is 3.17. The van der Waals surface area contributed by atoms with Crippen molar-refractivity contribution in [2.45, 2.75) is 30.5 Å². The number of hydrogen-bond acceptors (Lipinski definition) is 7. The molecule has 1 heterocycles. The smallest absolute Gasteiger partial charge is 0.277 e. The van der Waals surface area contributed by atoms with Gasteiger partial charge < -0.3 is 19.2 Å². The molecule has 0 unspecified atom stereocenters. The van der Waals surface area contributed by atoms with Crippen LogP contribution in [0.3, 0.4) is 0 Å². The zero-order valence-electron chi connectivity index (χ0n) is 13.6. The predicted octanol–water partition coefficient (Wildman–Crippen LogP) is 2.37. The maximum Gasteiger partial charge on any atom is 0.277 e. The second-order valence-electron chi connectivity index (χ2n) is 5.44. The van der Waals surface area contributed by atoms with Gasteiger partial charge in [0, 0.05) is 12.5 Å². The van der Waals surface area contributed by atoms with Crippen LogP contribution in [0.2, 0.25) is 0 Å². The highest BCUT2D eigenvalue weighted by Gasteiger charge is 2.29. The fraction of sp³-hybridized carbons (Fsp3) is 0.438. The summed E-state index contributed by atoms with van der Waals surface area (Å²) in [5, 5.41) is 11.2. The van der Waals surface area contributed by atoms with Gasteiger partial charge in [0.2, 0.25) is 11.8 Å². The van der Waals surface area contributed by atoms with Crippen molar-refractivity contribution in [3.05, 3.63) is 29.7 Å². The first-order valence-corrected chi connectivity index (χ1v) is 8.62. The Labute approximate surface area is 144 Å². The highest BCUT2D eigenvalue weighted by Crippen LogP contribution is 2.39. The lowest BCUT2D eigenvalue weighted by Gasteiger charge is -2.10. The normalized spacial score (nSPS) is 13.6. The number of amides is 1. The first-order chi connectivity index (χ1) is 11.7. The number of rotatable bonds is 8. The number of methoxy groups -OCH3 is 2. The second kappa shape index (κ2) is 7.57. The van der Waals surface area contributed by atoms with Gasteiger partial charge in [-0.3, -0.25) is 4.79 Å². The Morgan fingerprint density at radius 2 is 2.08 bits per heavy atom. The van der Waals surface area contributed by atoms with E-state index in [1.807, 2.05) is 18.2 Å². The average molecular weight is 349 g/mol. The fourth-order valence-electron chi connectivity index (χ4n) is 2.14. The number of nitrogens with zero attached hydrogens (tertiary/aromatic N) is 2. The number of aromatic nitrogens is 2. The summed E-state index contributed by atoms with van der Waals surface area (Å²) in [6, 6.07) is 5.54. The van der Waals surface area contributed by atoms with Crippen molar-refractivity contribution in [3.63, 3.8) is 0 Å². The fourth-order valence-corrected chi connectivity index (χ4v) is 2.74. The van der Waals surface area contributed by atoms with Crippen molar-refractivity contribution in [2.24, 2.45) is 0 Å². The number of carbonyl (C=O) groups excluding carboxylic acids is 1. The third kappa shape index (κ3) is 4.19. The van der Waals surface area contributed by atoms with Crippen LogP contribution in [0.1, 0.15) is 30.2 Å². The van der Waals surface area contributed by atoms with Crippen molar-refractivity contribution in [1.29, 1.82) is 0 Å². The Morgan fingerprint density at radius 3 is 2.79 bits per heavy atom. The van der Waals surface area contributed by atoms with Crippen molar-refractivity contribution in [3.8, 4) is 11.5 Å². The van der Waals surface area contributed by atoms with Gasteiger partial charge in [-0.15, -0.1) is 10.2 Å². The molecule has 0 aliphatic heterocycles. The molecule has 24 heavy (non-hydrogen) atoms. The molecule has 1 aromatic carbocycles. The van der Waals surface area contributed by atoms with E-state index < -0.39 is 0 Å². The molecule has 1 aliphatic rings. The summed E-state index contributed by atoms with van der Waals surface area (Å²) < 4.78 is 15.9. The molecule has 7 nitrogen and oxygen atoms in total. The molecule has 3 rings (SSSR count). The standard InChI is InChI=1S/C16H19N3O4S/c1-21-12-6-3-10(7-13(12)22-2)8-17-14(20)9-24-16-19-18-15(23-16)11-4-5-11/h3,6-7,11H,4-5,8-9H2,1-2H3,(H,17,20). The SMILES string of the molecule is COc1ccc(CNC(=O)CSc2nnc(C3CC3)o2)cc1OC. The lowest BCUT2D eigenvalue weighted by Crippen LogP contribution is -2.24. The molecular formula is C16H19N3O4S. The van der Waals surface area contributed by atoms with Crippen LogP contribution in [0.4, 0.5) is 0 Å². The van der Waals surface area contributed by atoms with E-state index in [9.17, 15) is 4.79 Å². The van der Waals surface area contributed by atoms with Crippen LogP contribution in [0, 0.1) is 0 Å². The van der Waals surface area contributed by atoms with Gasteiger partial charge in [0.25, 0.3) is 5.22 Å². The quantitative estimate of drug-likeness (QED) is 0.732. The summed E-state index contributed by atoms with van der Waals surface area (Å²) in [6.07, 6.45) is 2.22. The summed E-state index contributed by atoms with van der Waals surface area (Å²) in [6.45, 7) is 0.414. The third-order valence-corrected chi connectivity index (χ3v) is 4.43. The minimum atomic E-state index is -0.0963. The Hall–Kier alpha value is -2.22. The predicted molar refractivity (Wildman–Crippen MR) is 88.4 cm³/mol. The van der Waals surface area contributed by atoms with Crippen molar-refractivity contribution in [2.75, 3.05) is 20.0 Å². The Morgan fingerprint density at radius 1 is 1.29 bits per heavy atom. The van der Waals surface area contributed by atoms with E-state index in [1.54, 1.807) is 14.2 Å². The Bertz CT molecular complexity index is 715. The van der Waals surface area contributed by atoms with E-state index in [4.69, 9.17) is 13.9 Å². The minimum Gasteiger partial charge on any atom is -0.493 e. The van der Waals surface area contributed by atoms with Crippen LogP contribution in [-0.4, -0.2) is 36.1 Å². The second-order valence-corrected chi connectivity index (χ2v) is 6.36. The van der Waals surface area contributed by atoms with E-state index in [1.165, 1.54) is 11.8 Å². The molecule has 1 amide bonds. The van der Waals surface area contributed by atoms with Gasteiger partial charge in [0.05, 0.1) is 20.0 Å². The van der Waals surface area contributed by atoms with Gasteiger partial charge in [-0.2, -0.15) is 0 Å². The number of hydrogen-bond donors (Lipinski definition) is 1. The van der Waals surface area contributed by atoms with Gasteiger partial charge in [0.1, 0.15) is 0 Å². The number of thioether (sulfide) groups is 1. The number of benzene rings is 1. The first-order valence-electron chi connectivity index (χ1n) is 7.63. The van der Waals surface area contributed by atoms with E-state index in [0.29, 0.717) is 35.1 Å². The van der Waals surface area contributed by atoms with Crippen LogP contribution in [0.25, 0.3) is 0 Å². The largest absolute Gasteiger partial charge is 0.493 e. The molecule has 1 aliphatic carbocycles. The molecule has 8 heteroatoms. The molecule has 128 valence electrons. The zero-order valence-corrected chi connectivity index (χ0v) is 14.4. The Kier molecular flexibility index (Phi) is 5.24. The maximum absolute atomic E-state index is 11.9. The summed E-state index contributed by atoms with van der Waals surface area (Å²) in [4.78, 5) is 11.9. The first kappa shape index (κ1) is 16.6. The van der Waals surface area contributed by atoms with E-state index in [-0.39, 0.29) is 11.7 Å². The molecule has 1 aromatic heterocycles. The minimum absolute atomic E-state index is 0.0963. The lowest BCUT2D eigenvalue weighted by molar-refractivity contribution is -0.118. The summed E-state index contributed by atoms with van der Waals surface area (Å²) in [5.74, 6) is 2.54. The molecule has 0 bridgehead atoms. The van der Waals surface area contributed by atoms with Crippen LogP contribution in [-0.2, 0) is 11.3 Å². The molecule has 0 saturated heterocycles. The van der Waals surface area contributed by atoms with E-state index in [0.717, 1.165) is 18.4 Å². The van der Waals surface area contributed by atoms with Crippen LogP contribution < -0.4 is 14.8 Å². The van der Waals surface area contributed by atoms with Gasteiger partial charge in [-0.25, -0.2) is 0 Å². The lowest BCUT2D eigenvalue weighted by atomic mass is 10.2. The van der Waals surface area contributed by atoms with Crippen molar-refractivity contribution < 1.29 is 18.7 Å². The molecule has 1 fully saturated rings. The van der Waals surface area contributed by atoms with Crippen molar-refractivity contribution in [1.82, 2.24) is 15.5 Å². The maximum atomic E-state index is 11.9. The van der Waals surface area contributed by atoms with Crippen LogP contribution in [0.15, 0.2) is 27.8 Å².